The summed E-state index contributed by atoms with van der Waals surface area (Å²) in [7, 11) is 0. The largest absolute Gasteiger partial charge is 0.462 e. The minimum absolute atomic E-state index is 0.0744. The Hall–Kier alpha value is -1.62. The van der Waals surface area contributed by atoms with Gasteiger partial charge in [-0.25, -0.2) is 4.79 Å². The first-order valence-corrected chi connectivity index (χ1v) is 7.68. The first kappa shape index (κ1) is 15.3. The highest BCUT2D eigenvalue weighted by Crippen LogP contribution is 2.59. The van der Waals surface area contributed by atoms with E-state index in [1.807, 2.05) is 6.92 Å². The molecule has 0 amide bonds. The summed E-state index contributed by atoms with van der Waals surface area (Å²) in [5.74, 6) is -2.28. The molecule has 22 heavy (non-hydrogen) atoms. The maximum Gasteiger partial charge on any atom is 0.336 e. The first-order valence-electron chi connectivity index (χ1n) is 7.68. The summed E-state index contributed by atoms with van der Waals surface area (Å²) in [6, 6.07) is 0. The van der Waals surface area contributed by atoms with Crippen LogP contribution in [0.3, 0.4) is 0 Å². The molecule has 0 radical (unpaired) electrons. The Morgan fingerprint density at radius 2 is 2.18 bits per heavy atom. The molecule has 4 atom stereocenters. The van der Waals surface area contributed by atoms with Crippen molar-refractivity contribution in [3.8, 4) is 0 Å². The Bertz CT molecular complexity index is 604. The molecule has 0 unspecified atom stereocenters. The van der Waals surface area contributed by atoms with Crippen molar-refractivity contribution in [2.24, 2.45) is 11.3 Å². The lowest BCUT2D eigenvalue weighted by atomic mass is 9.55. The van der Waals surface area contributed by atoms with Gasteiger partial charge in [0.1, 0.15) is 6.10 Å². The fraction of sp³-hybridized carbons (Fsp3) is 0.647. The van der Waals surface area contributed by atoms with Crippen molar-refractivity contribution in [3.05, 3.63) is 23.3 Å². The van der Waals surface area contributed by atoms with Crippen LogP contribution in [0.4, 0.5) is 0 Å². The Kier molecular flexibility index (Phi) is 3.25. The monoisotopic (exact) mass is 306 g/mol. The van der Waals surface area contributed by atoms with Crippen LogP contribution in [0.25, 0.3) is 0 Å². The molecule has 3 rings (SSSR count). The second-order valence-electron chi connectivity index (χ2n) is 7.01. The van der Waals surface area contributed by atoms with Gasteiger partial charge in [0, 0.05) is 29.9 Å². The topological polar surface area (TPSA) is 72.8 Å². The van der Waals surface area contributed by atoms with Crippen molar-refractivity contribution < 1.29 is 24.2 Å². The molecular formula is C17H22O5. The highest BCUT2D eigenvalue weighted by atomic mass is 16.7. The van der Waals surface area contributed by atoms with Gasteiger partial charge in [0.05, 0.1) is 0 Å². The number of fused-ring (bicyclic) bond motifs is 2. The van der Waals surface area contributed by atoms with Crippen LogP contribution in [0.15, 0.2) is 23.3 Å². The van der Waals surface area contributed by atoms with Crippen molar-refractivity contribution in [3.63, 3.8) is 0 Å². The summed E-state index contributed by atoms with van der Waals surface area (Å²) < 4.78 is 10.8. The van der Waals surface area contributed by atoms with E-state index in [1.165, 1.54) is 6.92 Å². The van der Waals surface area contributed by atoms with Gasteiger partial charge in [-0.2, -0.15) is 0 Å². The van der Waals surface area contributed by atoms with E-state index < -0.39 is 17.2 Å². The lowest BCUT2D eigenvalue weighted by Gasteiger charge is -2.53. The van der Waals surface area contributed by atoms with Gasteiger partial charge in [0.2, 0.25) is 5.79 Å². The van der Waals surface area contributed by atoms with Gasteiger partial charge in [-0.3, -0.25) is 4.79 Å². The molecule has 0 aromatic heterocycles. The molecule has 2 fully saturated rings. The molecule has 1 heterocycles. The van der Waals surface area contributed by atoms with Gasteiger partial charge in [-0.1, -0.05) is 19.1 Å². The standard InChI is InChI=1S/C17H22O5/c1-9-5-6-14(21-11(3)18)16(4)8-17(20)13(7-12(9)16)10(2)15(19)22-17/h12,14,20H,1,5-8H2,2-4H3/t12-,14-,16+,17-/m0/s1. The SMILES string of the molecule is C=C1CC[C@H](OC(C)=O)[C@]2(C)C[C@]3(O)OC(=O)C(C)=C3C[C@@H]12. The van der Waals surface area contributed by atoms with Crippen molar-refractivity contribution in [1.29, 1.82) is 0 Å². The zero-order valence-electron chi connectivity index (χ0n) is 13.3. The van der Waals surface area contributed by atoms with E-state index in [4.69, 9.17) is 9.47 Å². The third-order valence-electron chi connectivity index (χ3n) is 5.58. The smallest absolute Gasteiger partial charge is 0.336 e. The second kappa shape index (κ2) is 4.69. The van der Waals surface area contributed by atoms with Crippen molar-refractivity contribution in [2.45, 2.75) is 58.3 Å². The number of allylic oxidation sites excluding steroid dienone is 1. The minimum Gasteiger partial charge on any atom is -0.462 e. The molecular weight excluding hydrogens is 284 g/mol. The number of carbonyl (C=O) groups is 2. The molecule has 0 saturated heterocycles. The van der Waals surface area contributed by atoms with E-state index in [1.54, 1.807) is 6.92 Å². The molecule has 1 N–H and O–H groups in total. The highest BCUT2D eigenvalue weighted by molar-refractivity contribution is 5.92. The number of hydrogen-bond donors (Lipinski definition) is 1. The summed E-state index contributed by atoms with van der Waals surface area (Å²) in [5, 5.41) is 10.8. The van der Waals surface area contributed by atoms with Gasteiger partial charge < -0.3 is 14.6 Å². The molecule has 0 aromatic carbocycles. The van der Waals surface area contributed by atoms with E-state index in [9.17, 15) is 14.7 Å². The molecule has 0 bridgehead atoms. The lowest BCUT2D eigenvalue weighted by Crippen LogP contribution is -2.55. The fourth-order valence-electron chi connectivity index (χ4n) is 4.40. The maximum atomic E-state index is 11.8. The summed E-state index contributed by atoms with van der Waals surface area (Å²) in [6.07, 6.45) is 1.94. The summed E-state index contributed by atoms with van der Waals surface area (Å²) in [5.41, 5.74) is 1.76. The zero-order valence-corrected chi connectivity index (χ0v) is 13.3. The molecule has 5 nitrogen and oxygen atoms in total. The van der Waals surface area contributed by atoms with Crippen LogP contribution in [0.2, 0.25) is 0 Å². The molecule has 2 saturated carbocycles. The van der Waals surface area contributed by atoms with E-state index in [0.717, 1.165) is 12.0 Å². The predicted molar refractivity (Wildman–Crippen MR) is 78.5 cm³/mol. The van der Waals surface area contributed by atoms with Gasteiger partial charge >= 0.3 is 11.9 Å². The van der Waals surface area contributed by atoms with Gasteiger partial charge in [-0.05, 0) is 32.1 Å². The van der Waals surface area contributed by atoms with Crippen LogP contribution in [0, 0.1) is 11.3 Å². The van der Waals surface area contributed by atoms with Crippen LogP contribution in [0.5, 0.6) is 0 Å². The fourth-order valence-corrected chi connectivity index (χ4v) is 4.40. The van der Waals surface area contributed by atoms with Crippen molar-refractivity contribution in [1.82, 2.24) is 0 Å². The molecule has 0 spiro atoms. The highest BCUT2D eigenvalue weighted by Gasteiger charge is 2.60. The average Bonchev–Trinajstić information content (AvgIpc) is 2.61. The van der Waals surface area contributed by atoms with E-state index in [2.05, 4.69) is 6.58 Å². The number of carbonyl (C=O) groups excluding carboxylic acids is 2. The normalized spacial score (nSPS) is 40.9. The number of hydrogen-bond acceptors (Lipinski definition) is 5. The zero-order chi connectivity index (χ0) is 16.3. The maximum absolute atomic E-state index is 11.8. The van der Waals surface area contributed by atoms with Crippen LogP contribution in [0.1, 0.15) is 46.5 Å². The average molecular weight is 306 g/mol. The van der Waals surface area contributed by atoms with Crippen molar-refractivity contribution >= 4 is 11.9 Å². The van der Waals surface area contributed by atoms with Crippen LogP contribution >= 0.6 is 0 Å². The Labute approximate surface area is 130 Å². The summed E-state index contributed by atoms with van der Waals surface area (Å²) >= 11 is 0. The Balaban J connectivity index is 2.02. The van der Waals surface area contributed by atoms with E-state index >= 15 is 0 Å². The predicted octanol–water partition coefficient (Wildman–Crippen LogP) is 2.25. The molecule has 1 aliphatic heterocycles. The third kappa shape index (κ3) is 2.02. The van der Waals surface area contributed by atoms with Gasteiger partial charge in [0.25, 0.3) is 0 Å². The summed E-state index contributed by atoms with van der Waals surface area (Å²) in [4.78, 5) is 23.3. The Morgan fingerprint density at radius 1 is 1.50 bits per heavy atom. The third-order valence-corrected chi connectivity index (χ3v) is 5.58. The Morgan fingerprint density at radius 3 is 2.82 bits per heavy atom. The number of esters is 2. The van der Waals surface area contributed by atoms with E-state index in [-0.39, 0.29) is 24.4 Å². The van der Waals surface area contributed by atoms with Gasteiger partial charge in [0.15, 0.2) is 0 Å². The number of ether oxygens (including phenoxy) is 2. The molecule has 120 valence electrons. The second-order valence-corrected chi connectivity index (χ2v) is 7.01. The molecule has 0 aromatic rings. The first-order chi connectivity index (χ1) is 10.2. The van der Waals surface area contributed by atoms with Crippen LogP contribution < -0.4 is 0 Å². The quantitative estimate of drug-likeness (QED) is 0.594. The minimum atomic E-state index is -1.57. The number of rotatable bonds is 1. The van der Waals surface area contributed by atoms with Crippen LogP contribution in [-0.2, 0) is 19.1 Å². The van der Waals surface area contributed by atoms with Gasteiger partial charge in [-0.15, -0.1) is 0 Å². The van der Waals surface area contributed by atoms with Crippen molar-refractivity contribution in [2.75, 3.05) is 0 Å². The molecule has 2 aliphatic carbocycles. The van der Waals surface area contributed by atoms with Crippen LogP contribution in [-0.4, -0.2) is 28.9 Å². The molecule has 5 heteroatoms. The lowest BCUT2D eigenvalue weighted by molar-refractivity contribution is -0.217. The summed E-state index contributed by atoms with van der Waals surface area (Å²) in [6.45, 7) is 9.24. The number of aliphatic hydroxyl groups is 1. The van der Waals surface area contributed by atoms with E-state index in [0.29, 0.717) is 24.0 Å². The molecule has 3 aliphatic rings.